The molecule has 4 nitrogen and oxygen atoms in total. The normalized spacial score (nSPS) is 11.9. The first-order valence-corrected chi connectivity index (χ1v) is 7.12. The Morgan fingerprint density at radius 2 is 1.86 bits per heavy atom. The summed E-state index contributed by atoms with van der Waals surface area (Å²) in [4.78, 5) is 10.7. The van der Waals surface area contributed by atoms with Gasteiger partial charge in [-0.3, -0.25) is 10.1 Å². The van der Waals surface area contributed by atoms with Gasteiger partial charge in [0.25, 0.3) is 5.69 Å². The number of aryl methyl sites for hydroxylation is 1. The van der Waals surface area contributed by atoms with Crippen LogP contribution in [0.1, 0.15) is 30.4 Å². The van der Waals surface area contributed by atoms with E-state index in [0.29, 0.717) is 18.2 Å². The molecule has 1 N–H and O–H groups in total. The molecule has 21 heavy (non-hydrogen) atoms. The number of benzene rings is 2. The van der Waals surface area contributed by atoms with E-state index in [0.717, 1.165) is 12.0 Å². The van der Waals surface area contributed by atoms with Crippen LogP contribution in [0.15, 0.2) is 48.5 Å². The van der Waals surface area contributed by atoms with Gasteiger partial charge in [-0.15, -0.1) is 0 Å². The smallest absolute Gasteiger partial charge is 0.292 e. The predicted octanol–water partition coefficient (Wildman–Crippen LogP) is 4.51. The lowest BCUT2D eigenvalue weighted by atomic mass is 9.98. The van der Waals surface area contributed by atoms with Crippen LogP contribution in [-0.2, 0) is 0 Å². The van der Waals surface area contributed by atoms with Crippen LogP contribution in [0.25, 0.3) is 0 Å². The van der Waals surface area contributed by atoms with E-state index in [9.17, 15) is 10.1 Å². The van der Waals surface area contributed by atoms with Crippen LogP contribution in [0.2, 0.25) is 0 Å². The average molecular weight is 284 g/mol. The highest BCUT2D eigenvalue weighted by Gasteiger charge is 2.15. The van der Waals surface area contributed by atoms with Crippen LogP contribution in [-0.4, -0.2) is 11.5 Å². The van der Waals surface area contributed by atoms with Gasteiger partial charge >= 0.3 is 0 Å². The van der Waals surface area contributed by atoms with Crippen molar-refractivity contribution in [2.45, 2.75) is 26.2 Å². The molecular weight excluding hydrogens is 264 g/mol. The van der Waals surface area contributed by atoms with Gasteiger partial charge in [-0.05, 0) is 30.4 Å². The number of para-hydroxylation sites is 1. The van der Waals surface area contributed by atoms with Crippen LogP contribution in [0.5, 0.6) is 0 Å². The first-order valence-electron chi connectivity index (χ1n) is 7.12. The highest BCUT2D eigenvalue weighted by Crippen LogP contribution is 2.28. The van der Waals surface area contributed by atoms with Gasteiger partial charge in [0.1, 0.15) is 5.69 Å². The number of hydrogen-bond acceptors (Lipinski definition) is 3. The molecule has 0 bridgehead atoms. The quantitative estimate of drug-likeness (QED) is 0.627. The fraction of sp³-hybridized carbons (Fsp3) is 0.294. The zero-order valence-corrected chi connectivity index (χ0v) is 12.4. The fourth-order valence-corrected chi connectivity index (χ4v) is 2.40. The molecule has 0 fully saturated rings. The van der Waals surface area contributed by atoms with Crippen LogP contribution in [0, 0.1) is 17.0 Å². The maximum Gasteiger partial charge on any atom is 0.292 e. The van der Waals surface area contributed by atoms with E-state index in [-0.39, 0.29) is 10.6 Å². The van der Waals surface area contributed by atoms with E-state index in [4.69, 9.17) is 0 Å². The van der Waals surface area contributed by atoms with E-state index in [1.807, 2.05) is 31.2 Å². The van der Waals surface area contributed by atoms with Crippen molar-refractivity contribution in [3.63, 3.8) is 0 Å². The third-order valence-electron chi connectivity index (χ3n) is 3.70. The van der Waals surface area contributed by atoms with Crippen molar-refractivity contribution in [1.29, 1.82) is 0 Å². The minimum absolute atomic E-state index is 0.141. The van der Waals surface area contributed by atoms with Gasteiger partial charge in [0.2, 0.25) is 0 Å². The largest absolute Gasteiger partial charge is 0.379 e. The summed E-state index contributed by atoms with van der Waals surface area (Å²) < 4.78 is 0. The topological polar surface area (TPSA) is 55.2 Å². The molecule has 0 spiro atoms. The molecule has 0 aliphatic rings. The Morgan fingerprint density at radius 1 is 1.14 bits per heavy atom. The summed E-state index contributed by atoms with van der Waals surface area (Å²) in [5.41, 5.74) is 2.96. The number of anilines is 1. The monoisotopic (exact) mass is 284 g/mol. The van der Waals surface area contributed by atoms with Crippen molar-refractivity contribution in [1.82, 2.24) is 0 Å². The van der Waals surface area contributed by atoms with E-state index < -0.39 is 0 Å². The minimum Gasteiger partial charge on any atom is -0.379 e. The summed E-state index contributed by atoms with van der Waals surface area (Å²) in [6.45, 7) is 4.76. The average Bonchev–Trinajstić information content (AvgIpc) is 2.49. The van der Waals surface area contributed by atoms with Gasteiger partial charge in [-0.1, -0.05) is 49.4 Å². The number of hydrogen-bond donors (Lipinski definition) is 1. The van der Waals surface area contributed by atoms with Crippen molar-refractivity contribution in [3.8, 4) is 0 Å². The van der Waals surface area contributed by atoms with Crippen LogP contribution in [0.3, 0.4) is 0 Å². The molecular formula is C17H20N2O2. The molecule has 1 atom stereocenters. The Morgan fingerprint density at radius 3 is 2.52 bits per heavy atom. The lowest BCUT2D eigenvalue weighted by Gasteiger charge is -2.14. The second-order valence-corrected chi connectivity index (χ2v) is 5.25. The third kappa shape index (κ3) is 3.81. The molecule has 2 rings (SSSR count). The standard InChI is InChI=1S/C17H20N2O2/c1-13(15-8-4-3-5-9-15)11-12-18-17-14(2)7-6-10-16(17)19(20)21/h3-10,13,18H,11-12H2,1-2H3. The Bertz CT molecular complexity index is 611. The third-order valence-corrected chi connectivity index (χ3v) is 3.70. The van der Waals surface area contributed by atoms with E-state index >= 15 is 0 Å². The van der Waals surface area contributed by atoms with Crippen molar-refractivity contribution in [2.24, 2.45) is 0 Å². The second kappa shape index (κ2) is 6.88. The number of nitrogens with one attached hydrogen (secondary N) is 1. The first kappa shape index (κ1) is 15.0. The molecule has 4 heteroatoms. The highest BCUT2D eigenvalue weighted by atomic mass is 16.6. The second-order valence-electron chi connectivity index (χ2n) is 5.25. The minimum atomic E-state index is -0.337. The predicted molar refractivity (Wildman–Crippen MR) is 85.8 cm³/mol. The Balaban J connectivity index is 1.99. The first-order chi connectivity index (χ1) is 10.1. The van der Waals surface area contributed by atoms with Crippen molar-refractivity contribution < 1.29 is 4.92 Å². The van der Waals surface area contributed by atoms with Gasteiger partial charge in [0.15, 0.2) is 0 Å². The van der Waals surface area contributed by atoms with Gasteiger partial charge in [0, 0.05) is 12.6 Å². The number of nitro benzene ring substituents is 1. The van der Waals surface area contributed by atoms with E-state index in [1.165, 1.54) is 11.6 Å². The molecule has 110 valence electrons. The maximum atomic E-state index is 11.1. The Labute approximate surface area is 125 Å². The molecule has 0 aromatic heterocycles. The number of nitro groups is 1. The molecule has 0 aliphatic carbocycles. The van der Waals surface area contributed by atoms with Crippen LogP contribution >= 0.6 is 0 Å². The summed E-state index contributed by atoms with van der Waals surface area (Å²) >= 11 is 0. The van der Waals surface area contributed by atoms with Crippen LogP contribution < -0.4 is 5.32 Å². The molecule has 0 aliphatic heterocycles. The Hall–Kier alpha value is -2.36. The molecule has 0 heterocycles. The van der Waals surface area contributed by atoms with E-state index in [1.54, 1.807) is 6.07 Å². The lowest BCUT2D eigenvalue weighted by Crippen LogP contribution is -2.08. The summed E-state index contributed by atoms with van der Waals surface area (Å²) in [5, 5.41) is 14.3. The Kier molecular flexibility index (Phi) is 4.93. The molecule has 1 unspecified atom stereocenters. The lowest BCUT2D eigenvalue weighted by molar-refractivity contribution is -0.384. The summed E-state index contributed by atoms with van der Waals surface area (Å²) in [6, 6.07) is 15.4. The van der Waals surface area contributed by atoms with Crippen molar-refractivity contribution in [3.05, 3.63) is 69.8 Å². The number of rotatable bonds is 6. The molecule has 0 saturated heterocycles. The van der Waals surface area contributed by atoms with Crippen molar-refractivity contribution in [2.75, 3.05) is 11.9 Å². The van der Waals surface area contributed by atoms with Gasteiger partial charge in [-0.2, -0.15) is 0 Å². The van der Waals surface area contributed by atoms with Gasteiger partial charge in [0.05, 0.1) is 4.92 Å². The fourth-order valence-electron chi connectivity index (χ4n) is 2.40. The van der Waals surface area contributed by atoms with Crippen molar-refractivity contribution >= 4 is 11.4 Å². The molecule has 0 radical (unpaired) electrons. The summed E-state index contributed by atoms with van der Waals surface area (Å²) in [7, 11) is 0. The molecule has 2 aromatic carbocycles. The SMILES string of the molecule is Cc1cccc([N+](=O)[O-])c1NCCC(C)c1ccccc1. The molecule has 2 aromatic rings. The molecule has 0 amide bonds. The maximum absolute atomic E-state index is 11.1. The summed E-state index contributed by atoms with van der Waals surface area (Å²) in [6.07, 6.45) is 0.926. The zero-order chi connectivity index (χ0) is 15.2. The van der Waals surface area contributed by atoms with E-state index in [2.05, 4.69) is 24.4 Å². The van der Waals surface area contributed by atoms with Crippen LogP contribution in [0.4, 0.5) is 11.4 Å². The van der Waals surface area contributed by atoms with Gasteiger partial charge in [-0.25, -0.2) is 0 Å². The zero-order valence-electron chi connectivity index (χ0n) is 12.4. The molecule has 0 saturated carbocycles. The summed E-state index contributed by atoms with van der Waals surface area (Å²) in [5.74, 6) is 0.418. The number of nitrogens with zero attached hydrogens (tertiary/aromatic N) is 1. The highest BCUT2D eigenvalue weighted by molar-refractivity contribution is 5.65. The van der Waals surface area contributed by atoms with Gasteiger partial charge < -0.3 is 5.32 Å².